The molecule has 1 amide bonds. The van der Waals surface area contributed by atoms with Crippen LogP contribution in [0.2, 0.25) is 0 Å². The van der Waals surface area contributed by atoms with E-state index in [9.17, 15) is 4.79 Å². The number of carbonyl (C=O) groups excluding carboxylic acids is 1. The van der Waals surface area contributed by atoms with E-state index in [1.165, 1.54) is 5.56 Å². The van der Waals surface area contributed by atoms with Gasteiger partial charge in [-0.05, 0) is 44.8 Å². The van der Waals surface area contributed by atoms with Crippen molar-refractivity contribution < 1.29 is 4.79 Å². The van der Waals surface area contributed by atoms with Crippen LogP contribution in [0.3, 0.4) is 0 Å². The summed E-state index contributed by atoms with van der Waals surface area (Å²) < 4.78 is 1.76. The highest BCUT2D eigenvalue weighted by atomic mass is 16.2. The van der Waals surface area contributed by atoms with Crippen LogP contribution in [0.25, 0.3) is 0 Å². The zero-order valence-corrected chi connectivity index (χ0v) is 11.1. The summed E-state index contributed by atoms with van der Waals surface area (Å²) in [7, 11) is 1.96. The summed E-state index contributed by atoms with van der Waals surface area (Å²) in [6.07, 6.45) is 8.25. The minimum Gasteiger partial charge on any atom is -0.341 e. The van der Waals surface area contributed by atoms with E-state index in [1.54, 1.807) is 4.68 Å². The smallest absolute Gasteiger partial charge is 0.244 e. The van der Waals surface area contributed by atoms with Crippen molar-refractivity contribution in [2.24, 2.45) is 0 Å². The van der Waals surface area contributed by atoms with Crippen molar-refractivity contribution in [1.29, 1.82) is 0 Å². The number of rotatable bonds is 6. The molecule has 0 aliphatic carbocycles. The third-order valence-corrected chi connectivity index (χ3v) is 3.33. The van der Waals surface area contributed by atoms with Gasteiger partial charge in [-0.15, -0.1) is 0 Å². The third-order valence-electron chi connectivity index (χ3n) is 3.33. The first-order chi connectivity index (χ1) is 8.79. The Bertz CT molecular complexity index is 382. The average molecular weight is 250 g/mol. The van der Waals surface area contributed by atoms with Gasteiger partial charge in [0.15, 0.2) is 0 Å². The molecule has 1 aromatic rings. The van der Waals surface area contributed by atoms with E-state index in [4.69, 9.17) is 0 Å². The zero-order valence-electron chi connectivity index (χ0n) is 11.1. The molecule has 0 radical (unpaired) electrons. The number of hydrogen-bond donors (Lipinski definition) is 1. The van der Waals surface area contributed by atoms with E-state index in [1.807, 2.05) is 24.3 Å². The maximum Gasteiger partial charge on any atom is 0.244 e. The molecule has 1 saturated heterocycles. The van der Waals surface area contributed by atoms with Gasteiger partial charge in [0.05, 0.1) is 6.20 Å². The molecule has 0 saturated carbocycles. The van der Waals surface area contributed by atoms with E-state index in [2.05, 4.69) is 10.4 Å². The van der Waals surface area contributed by atoms with Gasteiger partial charge in [-0.3, -0.25) is 9.48 Å². The molecule has 0 atom stereocenters. The van der Waals surface area contributed by atoms with Crippen LogP contribution >= 0.6 is 0 Å². The van der Waals surface area contributed by atoms with Crippen LogP contribution in [-0.2, 0) is 17.8 Å². The number of amides is 1. The average Bonchev–Trinajstić information content (AvgIpc) is 3.00. The predicted molar refractivity (Wildman–Crippen MR) is 70.3 cm³/mol. The van der Waals surface area contributed by atoms with Gasteiger partial charge in [0.2, 0.25) is 5.91 Å². The Morgan fingerprint density at radius 2 is 2.22 bits per heavy atom. The fraction of sp³-hybridized carbons (Fsp3) is 0.692. The van der Waals surface area contributed by atoms with Gasteiger partial charge in [0.25, 0.3) is 0 Å². The Morgan fingerprint density at radius 3 is 2.94 bits per heavy atom. The van der Waals surface area contributed by atoms with Gasteiger partial charge >= 0.3 is 0 Å². The second-order valence-corrected chi connectivity index (χ2v) is 4.84. The van der Waals surface area contributed by atoms with Crippen molar-refractivity contribution in [3.63, 3.8) is 0 Å². The van der Waals surface area contributed by atoms with Crippen molar-refractivity contribution in [3.8, 4) is 0 Å². The van der Waals surface area contributed by atoms with Crippen LogP contribution in [0, 0.1) is 0 Å². The molecular formula is C13H22N4O. The molecule has 100 valence electrons. The van der Waals surface area contributed by atoms with Crippen LogP contribution in [0.15, 0.2) is 12.4 Å². The summed E-state index contributed by atoms with van der Waals surface area (Å²) >= 11 is 0. The molecule has 0 unspecified atom stereocenters. The second kappa shape index (κ2) is 6.54. The van der Waals surface area contributed by atoms with Crippen molar-refractivity contribution in [2.45, 2.75) is 32.2 Å². The molecule has 0 bridgehead atoms. The van der Waals surface area contributed by atoms with Gasteiger partial charge in [-0.2, -0.15) is 5.10 Å². The first kappa shape index (κ1) is 13.1. The second-order valence-electron chi connectivity index (χ2n) is 4.84. The summed E-state index contributed by atoms with van der Waals surface area (Å²) in [5, 5.41) is 7.38. The van der Waals surface area contributed by atoms with Gasteiger partial charge in [-0.1, -0.05) is 0 Å². The third kappa shape index (κ3) is 3.57. The van der Waals surface area contributed by atoms with E-state index < -0.39 is 0 Å². The summed E-state index contributed by atoms with van der Waals surface area (Å²) in [6, 6.07) is 0. The lowest BCUT2D eigenvalue weighted by molar-refractivity contribution is -0.130. The van der Waals surface area contributed by atoms with Crippen LogP contribution in [0.5, 0.6) is 0 Å². The summed E-state index contributed by atoms with van der Waals surface area (Å²) in [5.41, 5.74) is 1.21. The monoisotopic (exact) mass is 250 g/mol. The quantitative estimate of drug-likeness (QED) is 0.755. The lowest BCUT2D eigenvalue weighted by Gasteiger charge is -2.14. The molecule has 1 fully saturated rings. The first-order valence-corrected chi connectivity index (χ1v) is 6.73. The van der Waals surface area contributed by atoms with Crippen molar-refractivity contribution in [3.05, 3.63) is 18.0 Å². The van der Waals surface area contributed by atoms with Gasteiger partial charge in [0.1, 0.15) is 6.54 Å². The molecule has 1 aliphatic rings. The van der Waals surface area contributed by atoms with Gasteiger partial charge in [-0.25, -0.2) is 0 Å². The first-order valence-electron chi connectivity index (χ1n) is 6.73. The fourth-order valence-corrected chi connectivity index (χ4v) is 2.30. The number of aromatic nitrogens is 2. The minimum absolute atomic E-state index is 0.192. The Hall–Kier alpha value is -1.36. The number of carbonyl (C=O) groups is 1. The number of nitrogens with zero attached hydrogens (tertiary/aromatic N) is 3. The van der Waals surface area contributed by atoms with E-state index in [0.717, 1.165) is 45.3 Å². The molecule has 0 spiro atoms. The number of hydrogen-bond acceptors (Lipinski definition) is 3. The Labute approximate surface area is 108 Å². The van der Waals surface area contributed by atoms with Crippen molar-refractivity contribution in [2.75, 3.05) is 26.7 Å². The van der Waals surface area contributed by atoms with Gasteiger partial charge < -0.3 is 10.2 Å². The molecule has 0 aromatic carbocycles. The van der Waals surface area contributed by atoms with E-state index in [0.29, 0.717) is 6.54 Å². The molecule has 1 aromatic heterocycles. The van der Waals surface area contributed by atoms with E-state index >= 15 is 0 Å². The molecule has 5 heteroatoms. The SMILES string of the molecule is CNCCCc1cnn(CC(=O)N2CCCC2)c1. The minimum atomic E-state index is 0.192. The lowest BCUT2D eigenvalue weighted by atomic mass is 10.2. The van der Waals surface area contributed by atoms with Crippen LogP contribution in [0.4, 0.5) is 0 Å². The number of likely N-dealkylation sites (tertiary alicyclic amines) is 1. The highest BCUT2D eigenvalue weighted by molar-refractivity contribution is 5.76. The zero-order chi connectivity index (χ0) is 12.8. The van der Waals surface area contributed by atoms with Crippen LogP contribution < -0.4 is 5.32 Å². The number of aryl methyl sites for hydroxylation is 1. The normalized spacial score (nSPS) is 15.3. The topological polar surface area (TPSA) is 50.2 Å². The molecule has 2 rings (SSSR count). The number of nitrogens with one attached hydrogen (secondary N) is 1. The van der Waals surface area contributed by atoms with E-state index in [-0.39, 0.29) is 5.91 Å². The van der Waals surface area contributed by atoms with Crippen LogP contribution in [0.1, 0.15) is 24.8 Å². The Kier molecular flexibility index (Phi) is 4.75. The standard InChI is InChI=1S/C13H22N4O/c1-14-6-4-5-12-9-15-17(10-12)11-13(18)16-7-2-3-8-16/h9-10,14H,2-8,11H2,1H3. The molecule has 1 N–H and O–H groups in total. The summed E-state index contributed by atoms with van der Waals surface area (Å²) in [5.74, 6) is 0.192. The molecular weight excluding hydrogens is 228 g/mol. The maximum absolute atomic E-state index is 11.9. The molecule has 18 heavy (non-hydrogen) atoms. The highest BCUT2D eigenvalue weighted by Crippen LogP contribution is 2.08. The Morgan fingerprint density at radius 1 is 1.44 bits per heavy atom. The molecule has 5 nitrogen and oxygen atoms in total. The van der Waals surface area contributed by atoms with Crippen LogP contribution in [-0.4, -0.2) is 47.3 Å². The Balaban J connectivity index is 1.80. The summed E-state index contributed by atoms with van der Waals surface area (Å²) in [4.78, 5) is 13.9. The predicted octanol–water partition coefficient (Wildman–Crippen LogP) is 0.657. The molecule has 2 heterocycles. The fourth-order valence-electron chi connectivity index (χ4n) is 2.30. The van der Waals surface area contributed by atoms with Crippen molar-refractivity contribution >= 4 is 5.91 Å². The maximum atomic E-state index is 11.9. The summed E-state index contributed by atoms with van der Waals surface area (Å²) in [6.45, 7) is 3.22. The lowest BCUT2D eigenvalue weighted by Crippen LogP contribution is -2.31. The molecule has 1 aliphatic heterocycles. The highest BCUT2D eigenvalue weighted by Gasteiger charge is 2.18. The van der Waals surface area contributed by atoms with Gasteiger partial charge in [0, 0.05) is 19.3 Å². The largest absolute Gasteiger partial charge is 0.341 e. The van der Waals surface area contributed by atoms with Crippen molar-refractivity contribution in [1.82, 2.24) is 20.0 Å².